The molecule has 0 fully saturated rings. The monoisotopic (exact) mass is 203 g/mol. The van der Waals surface area contributed by atoms with Crippen LogP contribution in [0.3, 0.4) is 0 Å². The van der Waals surface area contributed by atoms with Crippen molar-refractivity contribution in [3.05, 3.63) is 47.2 Å². The second kappa shape index (κ2) is 3.52. The third-order valence-corrected chi connectivity index (χ3v) is 2.05. The van der Waals surface area contributed by atoms with E-state index in [1.54, 1.807) is 29.1 Å². The second-order valence-electron chi connectivity index (χ2n) is 2.72. The van der Waals surface area contributed by atoms with Gasteiger partial charge in [-0.25, -0.2) is 4.68 Å². The molecular formula is C10H6ClN3. The van der Waals surface area contributed by atoms with E-state index in [1.807, 2.05) is 12.1 Å². The predicted octanol–water partition coefficient (Wildman–Crippen LogP) is 2.40. The number of nitrogens with zero attached hydrogens (tertiary/aromatic N) is 3. The van der Waals surface area contributed by atoms with Crippen molar-refractivity contribution in [1.29, 1.82) is 5.26 Å². The number of halogens is 1. The van der Waals surface area contributed by atoms with Gasteiger partial charge in [-0.2, -0.15) is 10.4 Å². The molecule has 4 heteroatoms. The van der Waals surface area contributed by atoms with Crippen LogP contribution in [-0.4, -0.2) is 9.78 Å². The molecule has 1 aromatic heterocycles. The van der Waals surface area contributed by atoms with E-state index >= 15 is 0 Å². The van der Waals surface area contributed by atoms with E-state index in [2.05, 4.69) is 11.2 Å². The summed E-state index contributed by atoms with van der Waals surface area (Å²) in [5.41, 5.74) is 1.28. The van der Waals surface area contributed by atoms with Crippen molar-refractivity contribution in [2.75, 3.05) is 0 Å². The molecule has 0 atom stereocenters. The third-order valence-electron chi connectivity index (χ3n) is 1.81. The van der Waals surface area contributed by atoms with Gasteiger partial charge in [-0.15, -0.1) is 0 Å². The van der Waals surface area contributed by atoms with Crippen LogP contribution in [0.4, 0.5) is 0 Å². The maximum atomic E-state index is 8.79. The molecule has 0 spiro atoms. The molecule has 0 radical (unpaired) electrons. The summed E-state index contributed by atoms with van der Waals surface area (Å²) in [5, 5.41) is 13.5. The largest absolute Gasteiger partial charge is 0.223 e. The highest BCUT2D eigenvalue weighted by Crippen LogP contribution is 2.15. The minimum Gasteiger partial charge on any atom is -0.223 e. The fourth-order valence-electron chi connectivity index (χ4n) is 1.20. The third kappa shape index (κ3) is 1.48. The van der Waals surface area contributed by atoms with Gasteiger partial charge in [0.15, 0.2) is 0 Å². The number of nitriles is 1. The van der Waals surface area contributed by atoms with Gasteiger partial charge < -0.3 is 0 Å². The van der Waals surface area contributed by atoms with Crippen LogP contribution in [0.2, 0.25) is 5.02 Å². The van der Waals surface area contributed by atoms with Gasteiger partial charge in [0.25, 0.3) is 0 Å². The SMILES string of the molecule is N#Cc1ccnn1-c1cccc(Cl)c1. The molecule has 0 saturated heterocycles. The van der Waals surface area contributed by atoms with Crippen molar-refractivity contribution in [1.82, 2.24) is 9.78 Å². The Morgan fingerprint density at radius 2 is 2.21 bits per heavy atom. The van der Waals surface area contributed by atoms with E-state index in [9.17, 15) is 0 Å². The number of hydrogen-bond acceptors (Lipinski definition) is 2. The zero-order valence-corrected chi connectivity index (χ0v) is 7.94. The molecule has 2 aromatic rings. The first-order valence-electron chi connectivity index (χ1n) is 4.01. The molecule has 0 aliphatic heterocycles. The molecule has 1 heterocycles. The number of hydrogen-bond donors (Lipinski definition) is 0. The summed E-state index contributed by atoms with van der Waals surface area (Å²) in [6.07, 6.45) is 1.58. The Kier molecular flexibility index (Phi) is 2.21. The molecule has 2 rings (SSSR count). The molecule has 68 valence electrons. The van der Waals surface area contributed by atoms with Gasteiger partial charge in [-0.3, -0.25) is 0 Å². The second-order valence-corrected chi connectivity index (χ2v) is 3.16. The van der Waals surface area contributed by atoms with Crippen LogP contribution >= 0.6 is 11.6 Å². The Hall–Kier alpha value is -1.79. The average Bonchev–Trinajstić information content (AvgIpc) is 2.65. The summed E-state index contributed by atoms with van der Waals surface area (Å²) in [6.45, 7) is 0. The molecular weight excluding hydrogens is 198 g/mol. The Morgan fingerprint density at radius 1 is 1.36 bits per heavy atom. The Morgan fingerprint density at radius 3 is 2.93 bits per heavy atom. The quantitative estimate of drug-likeness (QED) is 0.714. The smallest absolute Gasteiger partial charge is 0.144 e. The van der Waals surface area contributed by atoms with Crippen molar-refractivity contribution in [3.8, 4) is 11.8 Å². The standard InChI is InChI=1S/C10H6ClN3/c11-8-2-1-3-9(6-8)14-10(7-12)4-5-13-14/h1-6H. The van der Waals surface area contributed by atoms with Crippen LogP contribution in [0.15, 0.2) is 36.5 Å². The Balaban J connectivity index is 2.56. The van der Waals surface area contributed by atoms with Gasteiger partial charge in [0, 0.05) is 5.02 Å². The van der Waals surface area contributed by atoms with E-state index in [4.69, 9.17) is 16.9 Å². The normalized spacial score (nSPS) is 9.71. The zero-order chi connectivity index (χ0) is 9.97. The van der Waals surface area contributed by atoms with E-state index < -0.39 is 0 Å². The van der Waals surface area contributed by atoms with Crippen LogP contribution in [0.5, 0.6) is 0 Å². The van der Waals surface area contributed by atoms with Crippen LogP contribution in [0.25, 0.3) is 5.69 Å². The van der Waals surface area contributed by atoms with Gasteiger partial charge in [0.2, 0.25) is 0 Å². The zero-order valence-electron chi connectivity index (χ0n) is 7.18. The lowest BCUT2D eigenvalue weighted by Crippen LogP contribution is -1.98. The molecule has 14 heavy (non-hydrogen) atoms. The Bertz CT molecular complexity index is 496. The number of rotatable bonds is 1. The minimum atomic E-state index is 0.493. The molecule has 3 nitrogen and oxygen atoms in total. The lowest BCUT2D eigenvalue weighted by Gasteiger charge is -2.02. The van der Waals surface area contributed by atoms with E-state index in [1.165, 1.54) is 0 Å². The lowest BCUT2D eigenvalue weighted by atomic mass is 10.3. The van der Waals surface area contributed by atoms with Gasteiger partial charge in [0.1, 0.15) is 11.8 Å². The summed E-state index contributed by atoms with van der Waals surface area (Å²) >= 11 is 5.83. The van der Waals surface area contributed by atoms with E-state index in [0.717, 1.165) is 5.69 Å². The summed E-state index contributed by atoms with van der Waals surface area (Å²) in [5.74, 6) is 0. The van der Waals surface area contributed by atoms with Crippen LogP contribution < -0.4 is 0 Å². The highest BCUT2D eigenvalue weighted by molar-refractivity contribution is 6.30. The number of benzene rings is 1. The Labute approximate surface area is 86.2 Å². The molecule has 0 bridgehead atoms. The van der Waals surface area contributed by atoms with Crippen molar-refractivity contribution in [2.45, 2.75) is 0 Å². The van der Waals surface area contributed by atoms with Crippen molar-refractivity contribution < 1.29 is 0 Å². The predicted molar refractivity (Wildman–Crippen MR) is 53.3 cm³/mol. The first-order valence-corrected chi connectivity index (χ1v) is 4.39. The molecule has 0 aliphatic carbocycles. The summed E-state index contributed by atoms with van der Waals surface area (Å²) in [6, 6.07) is 10.9. The maximum Gasteiger partial charge on any atom is 0.144 e. The highest BCUT2D eigenvalue weighted by Gasteiger charge is 2.03. The molecule has 0 unspecified atom stereocenters. The van der Waals surface area contributed by atoms with Gasteiger partial charge in [-0.05, 0) is 24.3 Å². The molecule has 1 aromatic carbocycles. The van der Waals surface area contributed by atoms with Crippen molar-refractivity contribution in [2.24, 2.45) is 0 Å². The molecule has 0 saturated carbocycles. The minimum absolute atomic E-state index is 0.493. The first kappa shape index (κ1) is 8.79. The highest BCUT2D eigenvalue weighted by atomic mass is 35.5. The lowest BCUT2D eigenvalue weighted by molar-refractivity contribution is 0.866. The van der Waals surface area contributed by atoms with Gasteiger partial charge >= 0.3 is 0 Å². The van der Waals surface area contributed by atoms with E-state index in [0.29, 0.717) is 10.7 Å². The van der Waals surface area contributed by atoms with Crippen LogP contribution in [-0.2, 0) is 0 Å². The van der Waals surface area contributed by atoms with Crippen molar-refractivity contribution in [3.63, 3.8) is 0 Å². The molecule has 0 amide bonds. The summed E-state index contributed by atoms with van der Waals surface area (Å²) in [4.78, 5) is 0. The fraction of sp³-hybridized carbons (Fsp3) is 0. The average molecular weight is 204 g/mol. The molecule has 0 aliphatic rings. The maximum absolute atomic E-state index is 8.79. The topological polar surface area (TPSA) is 41.6 Å². The van der Waals surface area contributed by atoms with Crippen LogP contribution in [0.1, 0.15) is 5.69 Å². The summed E-state index contributed by atoms with van der Waals surface area (Å²) in [7, 11) is 0. The molecule has 0 N–H and O–H groups in total. The van der Waals surface area contributed by atoms with Gasteiger partial charge in [-0.1, -0.05) is 17.7 Å². The van der Waals surface area contributed by atoms with Crippen molar-refractivity contribution >= 4 is 11.6 Å². The van der Waals surface area contributed by atoms with Gasteiger partial charge in [0.05, 0.1) is 11.9 Å². The number of aromatic nitrogens is 2. The fourth-order valence-corrected chi connectivity index (χ4v) is 1.39. The first-order chi connectivity index (χ1) is 6.81. The summed E-state index contributed by atoms with van der Waals surface area (Å²) < 4.78 is 1.55. The van der Waals surface area contributed by atoms with E-state index in [-0.39, 0.29) is 0 Å². The van der Waals surface area contributed by atoms with Crippen LogP contribution in [0, 0.1) is 11.3 Å².